The molecule has 0 bridgehead atoms. The largest absolute Gasteiger partial charge is 0.374 e. The second-order valence-electron chi connectivity index (χ2n) is 6.15. The Hall–Kier alpha value is -1.70. The van der Waals surface area contributed by atoms with Crippen molar-refractivity contribution in [2.45, 2.75) is 46.1 Å². The first-order chi connectivity index (χ1) is 12.4. The van der Waals surface area contributed by atoms with Gasteiger partial charge in [-0.25, -0.2) is 0 Å². The van der Waals surface area contributed by atoms with Gasteiger partial charge >= 0.3 is 0 Å². The maximum Gasteiger partial charge on any atom is 0.262 e. The van der Waals surface area contributed by atoms with Crippen molar-refractivity contribution < 1.29 is 14.3 Å². The van der Waals surface area contributed by atoms with Crippen molar-refractivity contribution in [3.05, 3.63) is 56.2 Å². The molecule has 5 nitrogen and oxygen atoms in total. The molecule has 0 aliphatic carbocycles. The monoisotopic (exact) mass is 438 g/mol. The molecule has 2 aromatic rings. The minimum atomic E-state index is -0.623. The molecule has 2 N–H and O–H groups in total. The average Bonchev–Trinajstić information content (AvgIpc) is 3.05. The fourth-order valence-corrected chi connectivity index (χ4v) is 3.52. The van der Waals surface area contributed by atoms with E-state index in [0.29, 0.717) is 18.0 Å². The summed E-state index contributed by atoms with van der Waals surface area (Å²) in [4.78, 5) is 25.0. The lowest BCUT2D eigenvalue weighted by Crippen LogP contribution is -2.44. The quantitative estimate of drug-likeness (QED) is 0.656. The number of ether oxygens (including phenoxy) is 1. The van der Waals surface area contributed by atoms with Crippen LogP contribution in [0.15, 0.2) is 40.2 Å². The predicted molar refractivity (Wildman–Crippen MR) is 107 cm³/mol. The van der Waals surface area contributed by atoms with Crippen molar-refractivity contribution >= 4 is 39.1 Å². The number of hydrogen-bond donors (Lipinski definition) is 2. The van der Waals surface area contributed by atoms with E-state index in [2.05, 4.69) is 26.6 Å². The summed E-state index contributed by atoms with van der Waals surface area (Å²) in [5.74, 6) is -0.484. The van der Waals surface area contributed by atoms with E-state index in [1.165, 1.54) is 11.3 Å². The molecular weight excluding hydrogens is 416 g/mol. The topological polar surface area (TPSA) is 67.4 Å². The third-order valence-corrected chi connectivity index (χ3v) is 5.30. The average molecular weight is 439 g/mol. The normalized spacial score (nSPS) is 12.0. The fourth-order valence-electron chi connectivity index (χ4n) is 2.23. The molecule has 0 radical (unpaired) electrons. The zero-order valence-corrected chi connectivity index (χ0v) is 17.4. The van der Waals surface area contributed by atoms with Crippen LogP contribution in [0.25, 0.3) is 0 Å². The molecule has 0 saturated heterocycles. The Kier molecular flexibility index (Phi) is 7.81. The van der Waals surface area contributed by atoms with Gasteiger partial charge in [-0.05, 0) is 60.0 Å². The number of amides is 2. The van der Waals surface area contributed by atoms with Crippen LogP contribution in [-0.4, -0.2) is 24.0 Å². The van der Waals surface area contributed by atoms with Crippen molar-refractivity contribution in [3.63, 3.8) is 0 Å². The second kappa shape index (κ2) is 9.85. The Labute approximate surface area is 166 Å². The first kappa shape index (κ1) is 20.6. The Morgan fingerprint density at radius 1 is 1.12 bits per heavy atom. The van der Waals surface area contributed by atoms with Crippen LogP contribution in [0.1, 0.15) is 41.6 Å². The van der Waals surface area contributed by atoms with Crippen molar-refractivity contribution in [1.82, 2.24) is 10.6 Å². The lowest BCUT2D eigenvalue weighted by atomic mass is 10.1. The molecule has 1 unspecified atom stereocenters. The summed E-state index contributed by atoms with van der Waals surface area (Å²) in [5.41, 5.74) is 2.05. The van der Waals surface area contributed by atoms with E-state index in [0.717, 1.165) is 14.9 Å². The highest BCUT2D eigenvalue weighted by Crippen LogP contribution is 2.21. The van der Waals surface area contributed by atoms with Crippen LogP contribution in [0.4, 0.5) is 0 Å². The summed E-state index contributed by atoms with van der Waals surface area (Å²) in [7, 11) is 0. The summed E-state index contributed by atoms with van der Waals surface area (Å²) in [5, 5.41) is 5.59. The number of carbonyl (C=O) groups is 2. The summed E-state index contributed by atoms with van der Waals surface area (Å²) < 4.78 is 6.53. The molecule has 26 heavy (non-hydrogen) atoms. The first-order valence-electron chi connectivity index (χ1n) is 8.39. The number of thiophene rings is 1. The number of carbonyl (C=O) groups excluding carboxylic acids is 2. The van der Waals surface area contributed by atoms with Gasteiger partial charge in [-0.3, -0.25) is 9.59 Å². The van der Waals surface area contributed by atoms with Crippen LogP contribution in [-0.2, 0) is 22.7 Å². The summed E-state index contributed by atoms with van der Waals surface area (Å²) in [6.07, 6.45) is 0.144. The van der Waals surface area contributed by atoms with Crippen LogP contribution in [0.3, 0.4) is 0 Å². The number of halogens is 1. The Morgan fingerprint density at radius 3 is 2.42 bits per heavy atom. The third-order valence-electron chi connectivity index (χ3n) is 3.68. The van der Waals surface area contributed by atoms with Crippen molar-refractivity contribution in [3.8, 4) is 0 Å². The van der Waals surface area contributed by atoms with Crippen molar-refractivity contribution in [1.29, 1.82) is 0 Å². The van der Waals surface area contributed by atoms with Gasteiger partial charge in [-0.1, -0.05) is 24.3 Å². The zero-order chi connectivity index (χ0) is 19.1. The Balaban J connectivity index is 1.88. The number of rotatable bonds is 8. The van der Waals surface area contributed by atoms with Gasteiger partial charge < -0.3 is 15.4 Å². The molecule has 1 atom stereocenters. The fraction of sp³-hybridized carbons (Fsp3) is 0.368. The van der Waals surface area contributed by atoms with E-state index >= 15 is 0 Å². The molecule has 7 heteroatoms. The Bertz CT molecular complexity index is 761. The van der Waals surface area contributed by atoms with Gasteiger partial charge in [0.1, 0.15) is 6.04 Å². The van der Waals surface area contributed by atoms with E-state index in [4.69, 9.17) is 4.74 Å². The molecule has 2 amide bonds. The maximum absolute atomic E-state index is 12.3. The summed E-state index contributed by atoms with van der Waals surface area (Å²) in [6.45, 7) is 6.54. The van der Waals surface area contributed by atoms with Gasteiger partial charge in [0.25, 0.3) is 5.91 Å². The van der Waals surface area contributed by atoms with Crippen molar-refractivity contribution in [2.24, 2.45) is 0 Å². The predicted octanol–water partition coefficient (Wildman–Crippen LogP) is 3.87. The SMILES string of the molecule is CC(C)OCc1ccccc1CNC(=O)C(C)NC(=O)c1ccc(Br)s1. The molecule has 0 aliphatic heterocycles. The number of nitrogens with one attached hydrogen (secondary N) is 2. The first-order valence-corrected chi connectivity index (χ1v) is 10.00. The number of hydrogen-bond acceptors (Lipinski definition) is 4. The van der Waals surface area contributed by atoms with E-state index in [9.17, 15) is 9.59 Å². The molecule has 1 aromatic carbocycles. The molecule has 140 valence electrons. The highest BCUT2D eigenvalue weighted by atomic mass is 79.9. The van der Waals surface area contributed by atoms with Crippen molar-refractivity contribution in [2.75, 3.05) is 0 Å². The van der Waals surface area contributed by atoms with E-state index in [1.54, 1.807) is 19.1 Å². The van der Waals surface area contributed by atoms with E-state index in [-0.39, 0.29) is 17.9 Å². The third kappa shape index (κ3) is 6.23. The minimum absolute atomic E-state index is 0.144. The molecule has 0 spiro atoms. The Morgan fingerprint density at radius 2 is 1.81 bits per heavy atom. The lowest BCUT2D eigenvalue weighted by molar-refractivity contribution is -0.122. The van der Waals surface area contributed by atoms with Crippen LogP contribution < -0.4 is 10.6 Å². The highest BCUT2D eigenvalue weighted by Gasteiger charge is 2.17. The lowest BCUT2D eigenvalue weighted by Gasteiger charge is -2.16. The molecule has 1 heterocycles. The molecule has 1 aromatic heterocycles. The van der Waals surface area contributed by atoms with Gasteiger partial charge in [-0.15, -0.1) is 11.3 Å². The van der Waals surface area contributed by atoms with Crippen LogP contribution in [0, 0.1) is 0 Å². The van der Waals surface area contributed by atoms with E-state index < -0.39 is 6.04 Å². The molecule has 0 fully saturated rings. The molecule has 2 rings (SSSR count). The van der Waals surface area contributed by atoms with Gasteiger partial charge in [0.05, 0.1) is 21.4 Å². The van der Waals surface area contributed by atoms with Gasteiger partial charge in [0, 0.05) is 6.54 Å². The van der Waals surface area contributed by atoms with Crippen LogP contribution in [0.2, 0.25) is 0 Å². The maximum atomic E-state index is 12.3. The molecule has 0 aliphatic rings. The second-order valence-corrected chi connectivity index (χ2v) is 8.61. The standard InChI is InChI=1S/C19H23BrN2O3S/c1-12(2)25-11-15-7-5-4-6-14(15)10-21-18(23)13(3)22-19(24)16-8-9-17(20)26-16/h4-9,12-13H,10-11H2,1-3H3,(H,21,23)(H,22,24). The highest BCUT2D eigenvalue weighted by molar-refractivity contribution is 9.11. The summed E-state index contributed by atoms with van der Waals surface area (Å²) >= 11 is 4.65. The minimum Gasteiger partial charge on any atom is -0.374 e. The van der Waals surface area contributed by atoms with Gasteiger partial charge in [0.2, 0.25) is 5.91 Å². The summed E-state index contributed by atoms with van der Waals surface area (Å²) in [6, 6.07) is 10.7. The van der Waals surface area contributed by atoms with Crippen LogP contribution >= 0.6 is 27.3 Å². The van der Waals surface area contributed by atoms with Crippen LogP contribution in [0.5, 0.6) is 0 Å². The van der Waals surface area contributed by atoms with Gasteiger partial charge in [-0.2, -0.15) is 0 Å². The van der Waals surface area contributed by atoms with E-state index in [1.807, 2.05) is 38.1 Å². The smallest absolute Gasteiger partial charge is 0.262 e. The molecule has 0 saturated carbocycles. The number of benzene rings is 1. The van der Waals surface area contributed by atoms with Gasteiger partial charge in [0.15, 0.2) is 0 Å². The zero-order valence-electron chi connectivity index (χ0n) is 15.0. The molecular formula is C19H23BrN2O3S.